The third-order valence-corrected chi connectivity index (χ3v) is 3.94. The minimum atomic E-state index is -0.117. The van der Waals surface area contributed by atoms with E-state index in [2.05, 4.69) is 10.3 Å². The highest BCUT2D eigenvalue weighted by molar-refractivity contribution is 6.07. The molecule has 1 saturated heterocycles. The normalized spacial score (nSPS) is 17.6. The van der Waals surface area contributed by atoms with Crippen LogP contribution < -0.4 is 14.8 Å². The van der Waals surface area contributed by atoms with Crippen molar-refractivity contribution in [2.75, 3.05) is 27.4 Å². The number of hydrogen-bond acceptors (Lipinski definition) is 4. The number of H-pyrrole nitrogens is 1. The Hall–Kier alpha value is -2.21. The van der Waals surface area contributed by atoms with E-state index in [1.165, 1.54) is 0 Å². The number of amides is 1. The maximum absolute atomic E-state index is 12.4. The third-order valence-electron chi connectivity index (χ3n) is 3.94. The number of methoxy groups -OCH3 is 2. The van der Waals surface area contributed by atoms with E-state index in [9.17, 15) is 4.79 Å². The number of benzene rings is 1. The van der Waals surface area contributed by atoms with Gasteiger partial charge in [0.2, 0.25) is 0 Å². The fourth-order valence-corrected chi connectivity index (χ4v) is 2.74. The van der Waals surface area contributed by atoms with E-state index < -0.39 is 0 Å². The van der Waals surface area contributed by atoms with Gasteiger partial charge in [0, 0.05) is 30.8 Å². The molecule has 2 N–H and O–H groups in total. The molecule has 118 valence electrons. The quantitative estimate of drug-likeness (QED) is 0.887. The summed E-state index contributed by atoms with van der Waals surface area (Å²) in [6.07, 6.45) is 3.89. The van der Waals surface area contributed by atoms with E-state index in [-0.39, 0.29) is 12.0 Å². The van der Waals surface area contributed by atoms with Crippen LogP contribution in [0.5, 0.6) is 11.5 Å². The van der Waals surface area contributed by atoms with E-state index >= 15 is 0 Å². The number of rotatable bonds is 5. The molecular formula is C16H20N2O4. The second kappa shape index (κ2) is 6.27. The molecule has 1 amide bonds. The van der Waals surface area contributed by atoms with Crippen molar-refractivity contribution in [1.82, 2.24) is 10.3 Å². The zero-order valence-electron chi connectivity index (χ0n) is 12.8. The fourth-order valence-electron chi connectivity index (χ4n) is 2.74. The summed E-state index contributed by atoms with van der Waals surface area (Å²) in [5.41, 5.74) is 1.42. The van der Waals surface area contributed by atoms with Crippen LogP contribution >= 0.6 is 0 Å². The summed E-state index contributed by atoms with van der Waals surface area (Å²) in [6.45, 7) is 1.32. The van der Waals surface area contributed by atoms with Crippen molar-refractivity contribution in [2.45, 2.75) is 18.9 Å². The molecule has 2 heterocycles. The van der Waals surface area contributed by atoms with E-state index in [1.54, 1.807) is 20.4 Å². The molecule has 0 radical (unpaired) electrons. The highest BCUT2D eigenvalue weighted by Crippen LogP contribution is 2.33. The summed E-state index contributed by atoms with van der Waals surface area (Å²) in [6, 6.07) is 3.64. The topological polar surface area (TPSA) is 72.6 Å². The van der Waals surface area contributed by atoms with E-state index in [4.69, 9.17) is 14.2 Å². The molecular weight excluding hydrogens is 284 g/mol. The average Bonchev–Trinajstić information content (AvgIpc) is 3.20. The molecule has 1 aliphatic heterocycles. The summed E-state index contributed by atoms with van der Waals surface area (Å²) in [5, 5.41) is 3.74. The molecule has 3 rings (SSSR count). The summed E-state index contributed by atoms with van der Waals surface area (Å²) >= 11 is 0. The van der Waals surface area contributed by atoms with Crippen molar-refractivity contribution >= 4 is 16.8 Å². The van der Waals surface area contributed by atoms with Crippen LogP contribution in [0.25, 0.3) is 10.9 Å². The largest absolute Gasteiger partial charge is 0.493 e. The standard InChI is InChI=1S/C16H20N2O4/c1-20-14-6-11-12(9-17-13(11)7-15(14)21-2)16(19)18-8-10-4-3-5-22-10/h6-7,9-10,17H,3-5,8H2,1-2H3,(H,18,19). The number of nitrogens with one attached hydrogen (secondary N) is 2. The Morgan fingerprint density at radius 2 is 2.14 bits per heavy atom. The van der Waals surface area contributed by atoms with Crippen molar-refractivity contribution in [3.05, 3.63) is 23.9 Å². The molecule has 2 aromatic rings. The molecule has 1 aliphatic rings. The van der Waals surface area contributed by atoms with Crippen LogP contribution in [0.15, 0.2) is 18.3 Å². The van der Waals surface area contributed by atoms with Crippen LogP contribution in [0.2, 0.25) is 0 Å². The van der Waals surface area contributed by atoms with Crippen molar-refractivity contribution in [2.24, 2.45) is 0 Å². The van der Waals surface area contributed by atoms with Gasteiger partial charge in [-0.25, -0.2) is 0 Å². The zero-order valence-corrected chi connectivity index (χ0v) is 12.8. The molecule has 1 atom stereocenters. The Balaban J connectivity index is 1.82. The summed E-state index contributed by atoms with van der Waals surface area (Å²) in [4.78, 5) is 15.5. The van der Waals surface area contributed by atoms with Gasteiger partial charge in [0.05, 0.1) is 31.4 Å². The van der Waals surface area contributed by atoms with Gasteiger partial charge in [0.15, 0.2) is 11.5 Å². The lowest BCUT2D eigenvalue weighted by Gasteiger charge is -2.11. The molecule has 0 aliphatic carbocycles. The molecule has 6 heteroatoms. The molecule has 1 aromatic carbocycles. The number of hydrogen-bond donors (Lipinski definition) is 2. The smallest absolute Gasteiger partial charge is 0.253 e. The van der Waals surface area contributed by atoms with Crippen molar-refractivity contribution in [3.8, 4) is 11.5 Å². The average molecular weight is 304 g/mol. The lowest BCUT2D eigenvalue weighted by molar-refractivity contribution is 0.0859. The SMILES string of the molecule is COc1cc2[nH]cc(C(=O)NCC3CCCO3)c2cc1OC. The van der Waals surface area contributed by atoms with Crippen LogP contribution in [0, 0.1) is 0 Å². The van der Waals surface area contributed by atoms with E-state index in [1.807, 2.05) is 12.1 Å². The highest BCUT2D eigenvalue weighted by atomic mass is 16.5. The first-order valence-corrected chi connectivity index (χ1v) is 7.36. The lowest BCUT2D eigenvalue weighted by Crippen LogP contribution is -2.31. The molecule has 22 heavy (non-hydrogen) atoms. The van der Waals surface area contributed by atoms with Crippen LogP contribution in [0.1, 0.15) is 23.2 Å². The lowest BCUT2D eigenvalue weighted by atomic mass is 10.1. The second-order valence-electron chi connectivity index (χ2n) is 5.30. The molecule has 0 saturated carbocycles. The van der Waals surface area contributed by atoms with Gasteiger partial charge >= 0.3 is 0 Å². The Labute approximate surface area is 128 Å². The molecule has 1 fully saturated rings. The van der Waals surface area contributed by atoms with Crippen LogP contribution in [0.4, 0.5) is 0 Å². The van der Waals surface area contributed by atoms with Gasteiger partial charge in [-0.3, -0.25) is 4.79 Å². The van der Waals surface area contributed by atoms with Gasteiger partial charge in [-0.2, -0.15) is 0 Å². The first kappa shape index (κ1) is 14.7. The van der Waals surface area contributed by atoms with Crippen LogP contribution in [0.3, 0.4) is 0 Å². The third kappa shape index (κ3) is 2.74. The number of carbonyl (C=O) groups is 1. The minimum absolute atomic E-state index is 0.117. The van der Waals surface area contributed by atoms with E-state index in [0.29, 0.717) is 23.6 Å². The molecule has 0 bridgehead atoms. The monoisotopic (exact) mass is 304 g/mol. The molecule has 1 aromatic heterocycles. The van der Waals surface area contributed by atoms with Crippen LogP contribution in [-0.2, 0) is 4.74 Å². The molecule has 0 spiro atoms. The summed E-state index contributed by atoms with van der Waals surface area (Å²) in [5.74, 6) is 1.11. The number of carbonyl (C=O) groups excluding carboxylic acids is 1. The Kier molecular flexibility index (Phi) is 4.20. The number of aromatic amines is 1. The predicted molar refractivity (Wildman–Crippen MR) is 82.7 cm³/mol. The molecule has 6 nitrogen and oxygen atoms in total. The van der Waals surface area contributed by atoms with Crippen LogP contribution in [-0.4, -0.2) is 44.4 Å². The maximum Gasteiger partial charge on any atom is 0.253 e. The number of aromatic nitrogens is 1. The van der Waals surface area contributed by atoms with Gasteiger partial charge < -0.3 is 24.5 Å². The fraction of sp³-hybridized carbons (Fsp3) is 0.438. The number of fused-ring (bicyclic) bond motifs is 1. The van der Waals surface area contributed by atoms with Gasteiger partial charge in [-0.15, -0.1) is 0 Å². The van der Waals surface area contributed by atoms with Gasteiger partial charge in [0.1, 0.15) is 0 Å². The first-order chi connectivity index (χ1) is 10.7. The predicted octanol–water partition coefficient (Wildman–Crippen LogP) is 2.09. The van der Waals surface area contributed by atoms with E-state index in [0.717, 1.165) is 30.4 Å². The highest BCUT2D eigenvalue weighted by Gasteiger charge is 2.19. The summed E-state index contributed by atoms with van der Waals surface area (Å²) < 4.78 is 16.1. The van der Waals surface area contributed by atoms with Gasteiger partial charge in [-0.1, -0.05) is 0 Å². The molecule has 1 unspecified atom stereocenters. The summed E-state index contributed by atoms with van der Waals surface area (Å²) in [7, 11) is 3.16. The first-order valence-electron chi connectivity index (χ1n) is 7.36. The van der Waals surface area contributed by atoms with Gasteiger partial charge in [-0.05, 0) is 18.9 Å². The maximum atomic E-state index is 12.4. The Morgan fingerprint density at radius 1 is 1.36 bits per heavy atom. The van der Waals surface area contributed by atoms with Crippen molar-refractivity contribution in [3.63, 3.8) is 0 Å². The Bertz CT molecular complexity index is 674. The van der Waals surface area contributed by atoms with Crippen molar-refractivity contribution in [1.29, 1.82) is 0 Å². The van der Waals surface area contributed by atoms with Gasteiger partial charge in [0.25, 0.3) is 5.91 Å². The minimum Gasteiger partial charge on any atom is -0.493 e. The van der Waals surface area contributed by atoms with Crippen molar-refractivity contribution < 1.29 is 19.0 Å². The zero-order chi connectivity index (χ0) is 15.5. The Morgan fingerprint density at radius 3 is 2.82 bits per heavy atom. The number of ether oxygens (including phenoxy) is 3. The second-order valence-corrected chi connectivity index (χ2v) is 5.30.